The first-order chi connectivity index (χ1) is 13.9. The van der Waals surface area contributed by atoms with Crippen molar-refractivity contribution in [2.75, 3.05) is 13.2 Å². The summed E-state index contributed by atoms with van der Waals surface area (Å²) >= 11 is 0. The zero-order chi connectivity index (χ0) is 21.0. The number of hydrogen-bond acceptors (Lipinski definition) is 4. The summed E-state index contributed by atoms with van der Waals surface area (Å²) in [7, 11) is 0. The quantitative estimate of drug-likeness (QED) is 0.763. The number of halogens is 2. The maximum absolute atomic E-state index is 13.9. The lowest BCUT2D eigenvalue weighted by atomic mass is 10.2. The zero-order valence-electron chi connectivity index (χ0n) is 15.8. The third kappa shape index (κ3) is 5.01. The van der Waals surface area contributed by atoms with Crippen molar-refractivity contribution < 1.29 is 33.0 Å². The lowest BCUT2D eigenvalue weighted by Crippen LogP contribution is -2.39. The van der Waals surface area contributed by atoms with Crippen LogP contribution in [0.15, 0.2) is 42.5 Å². The van der Waals surface area contributed by atoms with Gasteiger partial charge in [-0.05, 0) is 36.4 Å². The number of rotatable bonds is 7. The SMILES string of the molecule is CCC(=O)N1CC(Oc2ccc(F)cc2F)C[C@H]1COc1ccc(C(=O)O)cc1. The molecule has 29 heavy (non-hydrogen) atoms. The Balaban J connectivity index is 1.65. The summed E-state index contributed by atoms with van der Waals surface area (Å²) in [6.45, 7) is 2.21. The number of nitrogens with zero attached hydrogens (tertiary/aromatic N) is 1. The predicted molar refractivity (Wildman–Crippen MR) is 100 cm³/mol. The highest BCUT2D eigenvalue weighted by Crippen LogP contribution is 2.27. The predicted octanol–water partition coefficient (Wildman–Crippen LogP) is 3.50. The third-order valence-corrected chi connectivity index (χ3v) is 4.73. The van der Waals surface area contributed by atoms with Gasteiger partial charge in [-0.3, -0.25) is 4.79 Å². The maximum atomic E-state index is 13.9. The molecule has 2 aromatic carbocycles. The normalized spacial score (nSPS) is 18.5. The van der Waals surface area contributed by atoms with E-state index in [0.717, 1.165) is 12.1 Å². The average Bonchev–Trinajstić information content (AvgIpc) is 3.11. The van der Waals surface area contributed by atoms with Gasteiger partial charge in [0.25, 0.3) is 0 Å². The van der Waals surface area contributed by atoms with Crippen LogP contribution >= 0.6 is 0 Å². The average molecular weight is 405 g/mol. The van der Waals surface area contributed by atoms with Gasteiger partial charge in [-0.15, -0.1) is 0 Å². The van der Waals surface area contributed by atoms with E-state index < -0.39 is 23.7 Å². The Hall–Kier alpha value is -3.16. The summed E-state index contributed by atoms with van der Waals surface area (Å²) in [4.78, 5) is 24.8. The van der Waals surface area contributed by atoms with E-state index >= 15 is 0 Å². The number of likely N-dealkylation sites (tertiary alicyclic amines) is 1. The number of hydrogen-bond donors (Lipinski definition) is 1. The van der Waals surface area contributed by atoms with E-state index in [-0.39, 0.29) is 36.4 Å². The monoisotopic (exact) mass is 405 g/mol. The highest BCUT2D eigenvalue weighted by molar-refractivity contribution is 5.87. The van der Waals surface area contributed by atoms with E-state index in [4.69, 9.17) is 14.6 Å². The van der Waals surface area contributed by atoms with Gasteiger partial charge in [-0.25, -0.2) is 13.6 Å². The Bertz CT molecular complexity index is 887. The van der Waals surface area contributed by atoms with Gasteiger partial charge >= 0.3 is 5.97 Å². The molecule has 0 aromatic heterocycles. The summed E-state index contributed by atoms with van der Waals surface area (Å²) in [5.74, 6) is -2.18. The molecule has 1 fully saturated rings. The summed E-state index contributed by atoms with van der Waals surface area (Å²) in [5.41, 5.74) is 0.149. The lowest BCUT2D eigenvalue weighted by Gasteiger charge is -2.24. The first-order valence-electron chi connectivity index (χ1n) is 9.24. The molecule has 2 aromatic rings. The number of amides is 1. The molecule has 0 radical (unpaired) electrons. The standard InChI is InChI=1S/C21H21F2NO5/c1-2-20(25)24-11-17(29-19-8-5-14(22)9-18(19)23)10-15(24)12-28-16-6-3-13(4-7-16)21(26)27/h3-9,15,17H,2,10-12H2,1H3,(H,26,27)/t15-,17?/m0/s1. The van der Waals surface area contributed by atoms with Gasteiger partial charge in [0.05, 0.1) is 18.2 Å². The second kappa shape index (κ2) is 8.89. The van der Waals surface area contributed by atoms with Crippen LogP contribution in [0.1, 0.15) is 30.1 Å². The number of carboxylic acid groups (broad SMARTS) is 1. The van der Waals surface area contributed by atoms with Crippen molar-refractivity contribution in [1.82, 2.24) is 4.90 Å². The molecule has 1 heterocycles. The molecule has 1 aliphatic heterocycles. The van der Waals surface area contributed by atoms with Crippen LogP contribution < -0.4 is 9.47 Å². The number of ether oxygens (including phenoxy) is 2. The molecule has 2 atom stereocenters. The van der Waals surface area contributed by atoms with Crippen molar-refractivity contribution in [3.63, 3.8) is 0 Å². The highest BCUT2D eigenvalue weighted by atomic mass is 19.1. The molecule has 0 spiro atoms. The largest absolute Gasteiger partial charge is 0.491 e. The van der Waals surface area contributed by atoms with Crippen molar-refractivity contribution >= 4 is 11.9 Å². The van der Waals surface area contributed by atoms with Crippen LogP contribution in [-0.4, -0.2) is 47.2 Å². The Labute approximate surface area is 166 Å². The van der Waals surface area contributed by atoms with Gasteiger partial charge in [0.15, 0.2) is 11.6 Å². The van der Waals surface area contributed by atoms with Crippen LogP contribution in [0.3, 0.4) is 0 Å². The summed E-state index contributed by atoms with van der Waals surface area (Å²) < 4.78 is 38.3. The van der Waals surface area contributed by atoms with Gasteiger partial charge in [0.1, 0.15) is 24.3 Å². The molecular formula is C21H21F2NO5. The summed E-state index contributed by atoms with van der Waals surface area (Å²) in [5, 5.41) is 8.94. The molecule has 1 unspecified atom stereocenters. The van der Waals surface area contributed by atoms with Crippen molar-refractivity contribution in [1.29, 1.82) is 0 Å². The molecule has 1 amide bonds. The second-order valence-corrected chi connectivity index (χ2v) is 6.74. The number of carboxylic acids is 1. The van der Waals surface area contributed by atoms with Gasteiger partial charge in [-0.2, -0.15) is 0 Å². The van der Waals surface area contributed by atoms with Crippen LogP contribution in [0.4, 0.5) is 8.78 Å². The fourth-order valence-corrected chi connectivity index (χ4v) is 3.26. The molecule has 0 saturated carbocycles. The molecule has 1 saturated heterocycles. The number of benzene rings is 2. The van der Waals surface area contributed by atoms with E-state index in [0.29, 0.717) is 18.6 Å². The van der Waals surface area contributed by atoms with E-state index in [1.807, 2.05) is 0 Å². The summed E-state index contributed by atoms with van der Waals surface area (Å²) in [6.07, 6.45) is 0.283. The van der Waals surface area contributed by atoms with E-state index in [1.54, 1.807) is 24.0 Å². The maximum Gasteiger partial charge on any atom is 0.335 e. The van der Waals surface area contributed by atoms with Crippen molar-refractivity contribution in [3.8, 4) is 11.5 Å². The summed E-state index contributed by atoms with van der Waals surface area (Å²) in [6, 6.07) is 8.78. The lowest BCUT2D eigenvalue weighted by molar-refractivity contribution is -0.132. The fourth-order valence-electron chi connectivity index (χ4n) is 3.26. The fraction of sp³-hybridized carbons (Fsp3) is 0.333. The minimum absolute atomic E-state index is 0.0638. The smallest absolute Gasteiger partial charge is 0.335 e. The Morgan fingerprint density at radius 3 is 2.52 bits per heavy atom. The molecule has 3 rings (SSSR count). The molecule has 0 aliphatic carbocycles. The Morgan fingerprint density at radius 2 is 1.90 bits per heavy atom. The first kappa shape index (κ1) is 20.6. The first-order valence-corrected chi connectivity index (χ1v) is 9.24. The van der Waals surface area contributed by atoms with Crippen LogP contribution in [-0.2, 0) is 4.79 Å². The van der Waals surface area contributed by atoms with Gasteiger partial charge in [0.2, 0.25) is 5.91 Å². The minimum Gasteiger partial charge on any atom is -0.491 e. The Kier molecular flexibility index (Phi) is 6.31. The molecular weight excluding hydrogens is 384 g/mol. The number of aromatic carboxylic acids is 1. The molecule has 8 heteroatoms. The van der Waals surface area contributed by atoms with E-state index in [2.05, 4.69) is 0 Å². The van der Waals surface area contributed by atoms with Gasteiger partial charge < -0.3 is 19.5 Å². The molecule has 0 bridgehead atoms. The van der Waals surface area contributed by atoms with Crippen molar-refractivity contribution in [2.45, 2.75) is 31.9 Å². The molecule has 154 valence electrons. The minimum atomic E-state index is -1.03. The van der Waals surface area contributed by atoms with Crippen LogP contribution in [0, 0.1) is 11.6 Å². The van der Waals surface area contributed by atoms with Crippen LogP contribution in [0.25, 0.3) is 0 Å². The Morgan fingerprint density at radius 1 is 1.17 bits per heavy atom. The van der Waals surface area contributed by atoms with Crippen LogP contribution in [0.5, 0.6) is 11.5 Å². The van der Waals surface area contributed by atoms with E-state index in [1.165, 1.54) is 18.2 Å². The van der Waals surface area contributed by atoms with Gasteiger partial charge in [-0.1, -0.05) is 6.92 Å². The van der Waals surface area contributed by atoms with Crippen molar-refractivity contribution in [2.24, 2.45) is 0 Å². The number of carbonyl (C=O) groups is 2. The van der Waals surface area contributed by atoms with Gasteiger partial charge in [0, 0.05) is 18.9 Å². The van der Waals surface area contributed by atoms with Crippen molar-refractivity contribution in [3.05, 3.63) is 59.7 Å². The topological polar surface area (TPSA) is 76.1 Å². The second-order valence-electron chi connectivity index (χ2n) is 6.74. The molecule has 1 N–H and O–H groups in total. The molecule has 1 aliphatic rings. The molecule has 6 nitrogen and oxygen atoms in total. The highest BCUT2D eigenvalue weighted by Gasteiger charge is 2.36. The van der Waals surface area contributed by atoms with E-state index in [9.17, 15) is 18.4 Å². The zero-order valence-corrected chi connectivity index (χ0v) is 15.8. The van der Waals surface area contributed by atoms with Crippen LogP contribution in [0.2, 0.25) is 0 Å². The third-order valence-electron chi connectivity index (χ3n) is 4.73. The number of carbonyl (C=O) groups excluding carboxylic acids is 1.